The monoisotopic (exact) mass is 390 g/mol. The smallest absolute Gasteiger partial charge is 0.240 e. The standard InChI is InChI=1S/C19H22N2O5S/c1-25-17-9-8-16(11-18(17)26-2)27(23,24)20-12-14-10-19(22)21(13-14)15-6-4-3-5-7-15/h3-9,11,14,20H,10,12-13H2,1-2H3. The Labute approximate surface area is 158 Å². The molecule has 0 radical (unpaired) electrons. The van der Waals surface area contributed by atoms with Gasteiger partial charge in [0, 0.05) is 31.3 Å². The predicted octanol–water partition coefficient (Wildman–Crippen LogP) is 2.04. The van der Waals surface area contributed by atoms with Crippen molar-refractivity contribution in [1.82, 2.24) is 4.72 Å². The van der Waals surface area contributed by atoms with Crippen LogP contribution < -0.4 is 19.1 Å². The molecule has 1 unspecified atom stereocenters. The first kappa shape index (κ1) is 19.2. The van der Waals surface area contributed by atoms with E-state index in [0.29, 0.717) is 24.5 Å². The van der Waals surface area contributed by atoms with Crippen LogP contribution in [0.3, 0.4) is 0 Å². The van der Waals surface area contributed by atoms with Gasteiger partial charge in [-0.15, -0.1) is 0 Å². The van der Waals surface area contributed by atoms with Crippen LogP contribution in [0.5, 0.6) is 11.5 Å². The van der Waals surface area contributed by atoms with Gasteiger partial charge in [0.15, 0.2) is 11.5 Å². The van der Waals surface area contributed by atoms with E-state index in [2.05, 4.69) is 4.72 Å². The van der Waals surface area contributed by atoms with Crippen molar-refractivity contribution in [3.8, 4) is 11.5 Å². The second-order valence-corrected chi connectivity index (χ2v) is 8.05. The number of sulfonamides is 1. The summed E-state index contributed by atoms with van der Waals surface area (Å²) in [6.45, 7) is 0.670. The fourth-order valence-electron chi connectivity index (χ4n) is 3.07. The maximum Gasteiger partial charge on any atom is 0.240 e. The predicted molar refractivity (Wildman–Crippen MR) is 102 cm³/mol. The molecule has 1 aliphatic heterocycles. The molecule has 1 N–H and O–H groups in total. The van der Waals surface area contributed by atoms with Crippen molar-refractivity contribution in [2.75, 3.05) is 32.2 Å². The lowest BCUT2D eigenvalue weighted by molar-refractivity contribution is -0.117. The largest absolute Gasteiger partial charge is 0.493 e. The molecule has 2 aromatic rings. The van der Waals surface area contributed by atoms with Gasteiger partial charge in [-0.25, -0.2) is 13.1 Å². The Morgan fingerprint density at radius 3 is 2.44 bits per heavy atom. The van der Waals surface area contributed by atoms with Gasteiger partial charge in [0.2, 0.25) is 15.9 Å². The molecule has 2 aromatic carbocycles. The van der Waals surface area contributed by atoms with Gasteiger partial charge in [-0.3, -0.25) is 4.79 Å². The van der Waals surface area contributed by atoms with Gasteiger partial charge in [-0.1, -0.05) is 18.2 Å². The second-order valence-electron chi connectivity index (χ2n) is 6.28. The van der Waals surface area contributed by atoms with Crippen molar-refractivity contribution in [1.29, 1.82) is 0 Å². The number of para-hydroxylation sites is 1. The molecule has 27 heavy (non-hydrogen) atoms. The minimum absolute atomic E-state index is 0.00323. The number of ether oxygens (including phenoxy) is 2. The molecule has 144 valence electrons. The number of hydrogen-bond acceptors (Lipinski definition) is 5. The van der Waals surface area contributed by atoms with Crippen LogP contribution in [-0.4, -0.2) is 41.6 Å². The van der Waals surface area contributed by atoms with Crippen LogP contribution in [0.1, 0.15) is 6.42 Å². The zero-order valence-electron chi connectivity index (χ0n) is 15.2. The molecule has 1 saturated heterocycles. The summed E-state index contributed by atoms with van der Waals surface area (Å²) < 4.78 is 38.0. The van der Waals surface area contributed by atoms with Crippen LogP contribution in [0.25, 0.3) is 0 Å². The Hall–Kier alpha value is -2.58. The molecule has 0 spiro atoms. The Balaban J connectivity index is 1.67. The van der Waals surface area contributed by atoms with Crippen LogP contribution in [0.4, 0.5) is 5.69 Å². The summed E-state index contributed by atoms with van der Waals surface area (Å²) in [6, 6.07) is 13.8. The number of amides is 1. The number of carbonyl (C=O) groups excluding carboxylic acids is 1. The number of hydrogen-bond donors (Lipinski definition) is 1. The van der Waals surface area contributed by atoms with Crippen molar-refractivity contribution in [2.45, 2.75) is 11.3 Å². The number of nitrogens with zero attached hydrogens (tertiary/aromatic N) is 1. The third-order valence-corrected chi connectivity index (χ3v) is 5.92. The minimum Gasteiger partial charge on any atom is -0.493 e. The molecule has 1 aliphatic rings. The van der Waals surface area contributed by atoms with Crippen LogP contribution in [0, 0.1) is 5.92 Å². The lowest BCUT2D eigenvalue weighted by Crippen LogP contribution is -2.31. The molecular formula is C19H22N2O5S. The van der Waals surface area contributed by atoms with E-state index in [1.165, 1.54) is 26.4 Å². The van der Waals surface area contributed by atoms with Crippen molar-refractivity contribution >= 4 is 21.6 Å². The summed E-state index contributed by atoms with van der Waals surface area (Å²) >= 11 is 0. The van der Waals surface area contributed by atoms with Crippen molar-refractivity contribution in [3.63, 3.8) is 0 Å². The molecule has 0 saturated carbocycles. The van der Waals surface area contributed by atoms with Gasteiger partial charge >= 0.3 is 0 Å². The summed E-state index contributed by atoms with van der Waals surface area (Å²) in [6.07, 6.45) is 0.309. The Morgan fingerprint density at radius 2 is 1.78 bits per heavy atom. The lowest BCUT2D eigenvalue weighted by Gasteiger charge is -2.17. The maximum atomic E-state index is 12.6. The number of anilines is 1. The van der Waals surface area contributed by atoms with Gasteiger partial charge in [0.1, 0.15) is 0 Å². The van der Waals surface area contributed by atoms with E-state index in [1.807, 2.05) is 30.3 Å². The van der Waals surface area contributed by atoms with Gasteiger partial charge in [0.25, 0.3) is 0 Å². The first-order valence-electron chi connectivity index (χ1n) is 8.51. The quantitative estimate of drug-likeness (QED) is 0.782. The average Bonchev–Trinajstić information content (AvgIpc) is 3.07. The third kappa shape index (κ3) is 4.23. The molecule has 1 atom stereocenters. The summed E-state index contributed by atoms with van der Waals surface area (Å²) in [5, 5.41) is 0. The summed E-state index contributed by atoms with van der Waals surface area (Å²) in [5.74, 6) is 0.701. The Kier molecular flexibility index (Phi) is 5.67. The molecule has 0 aromatic heterocycles. The van der Waals surface area contributed by atoms with Gasteiger partial charge in [-0.2, -0.15) is 0 Å². The molecule has 0 aliphatic carbocycles. The van der Waals surface area contributed by atoms with Crippen LogP contribution >= 0.6 is 0 Å². The first-order valence-corrected chi connectivity index (χ1v) is 10.00. The van der Waals surface area contributed by atoms with Crippen molar-refractivity contribution in [2.24, 2.45) is 5.92 Å². The van der Waals surface area contributed by atoms with Gasteiger partial charge in [-0.05, 0) is 30.2 Å². The van der Waals surface area contributed by atoms with Gasteiger partial charge in [0.05, 0.1) is 19.1 Å². The topological polar surface area (TPSA) is 84.9 Å². The average molecular weight is 390 g/mol. The second kappa shape index (κ2) is 7.98. The fraction of sp³-hybridized carbons (Fsp3) is 0.316. The Morgan fingerprint density at radius 1 is 1.07 bits per heavy atom. The highest BCUT2D eigenvalue weighted by Crippen LogP contribution is 2.29. The van der Waals surface area contributed by atoms with Crippen LogP contribution in [-0.2, 0) is 14.8 Å². The molecule has 1 fully saturated rings. The minimum atomic E-state index is -3.72. The van der Waals surface area contributed by atoms with Gasteiger partial charge < -0.3 is 14.4 Å². The van der Waals surface area contributed by atoms with Crippen LogP contribution in [0.15, 0.2) is 53.4 Å². The molecule has 3 rings (SSSR count). The highest BCUT2D eigenvalue weighted by Gasteiger charge is 2.31. The normalized spacial score (nSPS) is 17.2. The van der Waals surface area contributed by atoms with E-state index in [1.54, 1.807) is 11.0 Å². The Bertz CT molecular complexity index is 915. The maximum absolute atomic E-state index is 12.6. The zero-order chi connectivity index (χ0) is 19.4. The number of nitrogens with one attached hydrogen (secondary N) is 1. The molecular weight excluding hydrogens is 368 g/mol. The van der Waals surface area contributed by atoms with E-state index in [9.17, 15) is 13.2 Å². The summed E-state index contributed by atoms with van der Waals surface area (Å²) in [4.78, 5) is 14.0. The molecule has 1 amide bonds. The molecule has 1 heterocycles. The zero-order valence-corrected chi connectivity index (χ0v) is 16.0. The molecule has 0 bridgehead atoms. The first-order chi connectivity index (χ1) is 12.9. The number of rotatable bonds is 7. The van der Waals surface area contributed by atoms with E-state index in [4.69, 9.17) is 9.47 Å². The molecule has 8 heteroatoms. The highest BCUT2D eigenvalue weighted by atomic mass is 32.2. The van der Waals surface area contributed by atoms with Crippen molar-refractivity contribution in [3.05, 3.63) is 48.5 Å². The number of methoxy groups -OCH3 is 2. The number of benzene rings is 2. The SMILES string of the molecule is COc1ccc(S(=O)(=O)NCC2CC(=O)N(c3ccccc3)C2)cc1OC. The van der Waals surface area contributed by atoms with E-state index in [0.717, 1.165) is 5.69 Å². The lowest BCUT2D eigenvalue weighted by atomic mass is 10.1. The third-order valence-electron chi connectivity index (χ3n) is 4.50. The summed E-state index contributed by atoms with van der Waals surface area (Å²) in [5.41, 5.74) is 0.827. The van der Waals surface area contributed by atoms with Crippen LogP contribution in [0.2, 0.25) is 0 Å². The summed E-state index contributed by atoms with van der Waals surface area (Å²) in [7, 11) is -0.786. The fourth-order valence-corrected chi connectivity index (χ4v) is 4.20. The van der Waals surface area contributed by atoms with E-state index >= 15 is 0 Å². The molecule has 7 nitrogen and oxygen atoms in total. The van der Waals surface area contributed by atoms with E-state index < -0.39 is 10.0 Å². The number of carbonyl (C=O) groups is 1. The van der Waals surface area contributed by atoms with E-state index in [-0.39, 0.29) is 23.3 Å². The highest BCUT2D eigenvalue weighted by molar-refractivity contribution is 7.89. The van der Waals surface area contributed by atoms with Crippen molar-refractivity contribution < 1.29 is 22.7 Å².